The zero-order chi connectivity index (χ0) is 12.1. The lowest BCUT2D eigenvalue weighted by molar-refractivity contribution is 0.0209. The molecule has 17 heavy (non-hydrogen) atoms. The van der Waals surface area contributed by atoms with Crippen LogP contribution in [0.3, 0.4) is 0 Å². The lowest BCUT2D eigenvalue weighted by atomic mass is 9.95. The van der Waals surface area contributed by atoms with Gasteiger partial charge in [-0.1, -0.05) is 19.1 Å². The van der Waals surface area contributed by atoms with E-state index in [0.717, 1.165) is 25.0 Å². The minimum Gasteiger partial charge on any atom is -0.490 e. The second-order valence-electron chi connectivity index (χ2n) is 4.76. The molecule has 0 amide bonds. The van der Waals surface area contributed by atoms with Crippen LogP contribution in [-0.2, 0) is 11.2 Å². The molecule has 0 saturated heterocycles. The van der Waals surface area contributed by atoms with Crippen molar-refractivity contribution in [3.05, 3.63) is 29.8 Å². The molecule has 2 unspecified atom stereocenters. The average molecular weight is 234 g/mol. The van der Waals surface area contributed by atoms with Crippen LogP contribution >= 0.6 is 0 Å². The normalized spacial score (nSPS) is 24.6. The molecule has 1 aromatic carbocycles. The Balaban J connectivity index is 1.90. The summed E-state index contributed by atoms with van der Waals surface area (Å²) in [4.78, 5) is 0. The minimum atomic E-state index is 0.321. The van der Waals surface area contributed by atoms with Gasteiger partial charge in [0, 0.05) is 13.5 Å². The van der Waals surface area contributed by atoms with Gasteiger partial charge in [0.25, 0.3) is 0 Å². The van der Waals surface area contributed by atoms with E-state index < -0.39 is 0 Å². The molecular weight excluding hydrogens is 212 g/mol. The van der Waals surface area contributed by atoms with Crippen molar-refractivity contribution in [2.24, 2.45) is 0 Å². The van der Waals surface area contributed by atoms with E-state index in [-0.39, 0.29) is 0 Å². The van der Waals surface area contributed by atoms with Gasteiger partial charge >= 0.3 is 0 Å². The SMILES string of the molecule is CCc1ccc(OC2CCCC(OC)C2)cc1. The summed E-state index contributed by atoms with van der Waals surface area (Å²) in [5.74, 6) is 0.990. The van der Waals surface area contributed by atoms with Crippen LogP contribution in [0, 0.1) is 0 Å². The average Bonchev–Trinajstić information content (AvgIpc) is 2.40. The molecule has 2 rings (SSSR count). The van der Waals surface area contributed by atoms with E-state index in [2.05, 4.69) is 31.2 Å². The first-order valence-corrected chi connectivity index (χ1v) is 6.60. The summed E-state index contributed by atoms with van der Waals surface area (Å²) in [7, 11) is 1.79. The molecular formula is C15H22O2. The van der Waals surface area contributed by atoms with E-state index >= 15 is 0 Å². The Labute approximate surface area is 104 Å². The lowest BCUT2D eigenvalue weighted by Crippen LogP contribution is -2.29. The number of ether oxygens (including phenoxy) is 2. The Morgan fingerprint density at radius 1 is 1.12 bits per heavy atom. The fourth-order valence-corrected chi connectivity index (χ4v) is 2.42. The van der Waals surface area contributed by atoms with E-state index in [1.165, 1.54) is 18.4 Å². The molecule has 0 N–H and O–H groups in total. The predicted molar refractivity (Wildman–Crippen MR) is 69.5 cm³/mol. The van der Waals surface area contributed by atoms with Crippen LogP contribution in [0.15, 0.2) is 24.3 Å². The summed E-state index contributed by atoms with van der Waals surface area (Å²) in [6.45, 7) is 2.17. The largest absolute Gasteiger partial charge is 0.490 e. The number of rotatable bonds is 4. The molecule has 0 aromatic heterocycles. The highest BCUT2D eigenvalue weighted by molar-refractivity contribution is 5.27. The van der Waals surface area contributed by atoms with E-state index in [1.807, 2.05) is 0 Å². The Kier molecular flexibility index (Phi) is 4.43. The fourth-order valence-electron chi connectivity index (χ4n) is 2.42. The third-order valence-electron chi connectivity index (χ3n) is 3.55. The van der Waals surface area contributed by atoms with Crippen molar-refractivity contribution in [2.45, 2.75) is 51.2 Å². The van der Waals surface area contributed by atoms with Gasteiger partial charge in [0.1, 0.15) is 11.9 Å². The second kappa shape index (κ2) is 6.06. The van der Waals surface area contributed by atoms with Crippen LogP contribution in [0.1, 0.15) is 38.2 Å². The maximum absolute atomic E-state index is 6.01. The monoisotopic (exact) mass is 234 g/mol. The van der Waals surface area contributed by atoms with Gasteiger partial charge in [-0.05, 0) is 43.4 Å². The van der Waals surface area contributed by atoms with Crippen molar-refractivity contribution in [3.63, 3.8) is 0 Å². The smallest absolute Gasteiger partial charge is 0.119 e. The Morgan fingerprint density at radius 2 is 1.82 bits per heavy atom. The van der Waals surface area contributed by atoms with Gasteiger partial charge in [-0.15, -0.1) is 0 Å². The van der Waals surface area contributed by atoms with Crippen LogP contribution in [0.5, 0.6) is 5.75 Å². The van der Waals surface area contributed by atoms with E-state index in [0.29, 0.717) is 12.2 Å². The van der Waals surface area contributed by atoms with Crippen molar-refractivity contribution in [1.82, 2.24) is 0 Å². The van der Waals surface area contributed by atoms with Gasteiger partial charge < -0.3 is 9.47 Å². The van der Waals surface area contributed by atoms with Gasteiger partial charge in [-0.3, -0.25) is 0 Å². The summed E-state index contributed by atoms with van der Waals surface area (Å²) in [6.07, 6.45) is 6.32. The number of methoxy groups -OCH3 is 1. The molecule has 1 aliphatic rings. The van der Waals surface area contributed by atoms with Crippen molar-refractivity contribution >= 4 is 0 Å². The fraction of sp³-hybridized carbons (Fsp3) is 0.600. The van der Waals surface area contributed by atoms with Crippen LogP contribution in [0.25, 0.3) is 0 Å². The van der Waals surface area contributed by atoms with Crippen molar-refractivity contribution in [1.29, 1.82) is 0 Å². The summed E-state index contributed by atoms with van der Waals surface area (Å²) in [6, 6.07) is 8.45. The standard InChI is InChI=1S/C15H22O2/c1-3-12-7-9-13(10-8-12)17-15-6-4-5-14(11-15)16-2/h7-10,14-15H,3-6,11H2,1-2H3. The molecule has 0 radical (unpaired) electrons. The summed E-state index contributed by atoms with van der Waals surface area (Å²) in [5.41, 5.74) is 1.36. The molecule has 2 atom stereocenters. The highest BCUT2D eigenvalue weighted by Gasteiger charge is 2.22. The zero-order valence-electron chi connectivity index (χ0n) is 10.8. The van der Waals surface area contributed by atoms with E-state index in [9.17, 15) is 0 Å². The molecule has 2 heteroatoms. The van der Waals surface area contributed by atoms with Gasteiger partial charge in [0.2, 0.25) is 0 Å². The molecule has 1 saturated carbocycles. The predicted octanol–water partition coefficient (Wildman–Crippen LogP) is 3.59. The topological polar surface area (TPSA) is 18.5 Å². The maximum atomic E-state index is 6.01. The lowest BCUT2D eigenvalue weighted by Gasteiger charge is -2.28. The van der Waals surface area contributed by atoms with Crippen LogP contribution in [0.4, 0.5) is 0 Å². The molecule has 0 aliphatic heterocycles. The third kappa shape index (κ3) is 3.47. The van der Waals surface area contributed by atoms with Crippen molar-refractivity contribution in [2.75, 3.05) is 7.11 Å². The van der Waals surface area contributed by atoms with Gasteiger partial charge in [-0.25, -0.2) is 0 Å². The first kappa shape index (κ1) is 12.4. The molecule has 94 valence electrons. The molecule has 0 spiro atoms. The Bertz CT molecular complexity index is 331. The third-order valence-corrected chi connectivity index (χ3v) is 3.55. The molecule has 0 heterocycles. The number of hydrogen-bond acceptors (Lipinski definition) is 2. The molecule has 1 fully saturated rings. The number of hydrogen-bond donors (Lipinski definition) is 0. The molecule has 0 bridgehead atoms. The highest BCUT2D eigenvalue weighted by atomic mass is 16.5. The quantitative estimate of drug-likeness (QED) is 0.792. The van der Waals surface area contributed by atoms with Gasteiger partial charge in [-0.2, -0.15) is 0 Å². The maximum Gasteiger partial charge on any atom is 0.119 e. The summed E-state index contributed by atoms with van der Waals surface area (Å²) >= 11 is 0. The Hall–Kier alpha value is -1.02. The van der Waals surface area contributed by atoms with Crippen LogP contribution in [-0.4, -0.2) is 19.3 Å². The molecule has 1 aliphatic carbocycles. The van der Waals surface area contributed by atoms with Gasteiger partial charge in [0.05, 0.1) is 6.10 Å². The second-order valence-corrected chi connectivity index (χ2v) is 4.76. The first-order valence-electron chi connectivity index (χ1n) is 6.60. The minimum absolute atomic E-state index is 0.321. The summed E-state index contributed by atoms with van der Waals surface area (Å²) in [5, 5.41) is 0. The first-order chi connectivity index (χ1) is 8.31. The van der Waals surface area contributed by atoms with E-state index in [4.69, 9.17) is 9.47 Å². The zero-order valence-corrected chi connectivity index (χ0v) is 10.8. The van der Waals surface area contributed by atoms with Crippen LogP contribution in [0.2, 0.25) is 0 Å². The number of benzene rings is 1. The number of aryl methyl sites for hydroxylation is 1. The van der Waals surface area contributed by atoms with Crippen molar-refractivity contribution < 1.29 is 9.47 Å². The highest BCUT2D eigenvalue weighted by Crippen LogP contribution is 2.25. The van der Waals surface area contributed by atoms with Gasteiger partial charge in [0.15, 0.2) is 0 Å². The summed E-state index contributed by atoms with van der Waals surface area (Å²) < 4.78 is 11.4. The van der Waals surface area contributed by atoms with E-state index in [1.54, 1.807) is 7.11 Å². The molecule has 1 aromatic rings. The van der Waals surface area contributed by atoms with Crippen molar-refractivity contribution in [3.8, 4) is 5.75 Å². The molecule has 2 nitrogen and oxygen atoms in total. The van der Waals surface area contributed by atoms with Crippen LogP contribution < -0.4 is 4.74 Å². The Morgan fingerprint density at radius 3 is 2.47 bits per heavy atom.